The second-order valence-corrected chi connectivity index (χ2v) is 6.18. The highest BCUT2D eigenvalue weighted by Gasteiger charge is 2.20. The molecular weight excluding hydrogens is 305 g/mol. The zero-order valence-corrected chi connectivity index (χ0v) is 13.4. The molecule has 0 saturated carbocycles. The van der Waals surface area contributed by atoms with E-state index in [1.54, 1.807) is 6.07 Å². The summed E-state index contributed by atoms with van der Waals surface area (Å²) in [6.07, 6.45) is 5.93. The van der Waals surface area contributed by atoms with Crippen molar-refractivity contribution in [1.29, 1.82) is 0 Å². The lowest BCUT2D eigenvalue weighted by Gasteiger charge is -2.24. The van der Waals surface area contributed by atoms with Gasteiger partial charge in [-0.1, -0.05) is 29.3 Å². The molecule has 3 nitrogen and oxygen atoms in total. The van der Waals surface area contributed by atoms with Crippen molar-refractivity contribution in [2.24, 2.45) is 0 Å². The van der Waals surface area contributed by atoms with Gasteiger partial charge in [0.15, 0.2) is 0 Å². The quantitative estimate of drug-likeness (QED) is 0.929. The number of hydrogen-bond donors (Lipinski definition) is 1. The van der Waals surface area contributed by atoms with E-state index < -0.39 is 0 Å². The van der Waals surface area contributed by atoms with Crippen LogP contribution in [0.4, 0.5) is 0 Å². The van der Waals surface area contributed by atoms with E-state index in [0.717, 1.165) is 36.3 Å². The van der Waals surface area contributed by atoms with Gasteiger partial charge < -0.3 is 5.32 Å². The lowest BCUT2D eigenvalue weighted by atomic mass is 9.92. The first kappa shape index (κ1) is 14.8. The molecule has 1 aliphatic rings. The van der Waals surface area contributed by atoms with E-state index in [-0.39, 0.29) is 0 Å². The highest BCUT2D eigenvalue weighted by Crippen LogP contribution is 2.28. The number of hydrogen-bond acceptors (Lipinski definition) is 3. The van der Waals surface area contributed by atoms with Crippen LogP contribution in [0.5, 0.6) is 0 Å². The molecule has 1 aromatic heterocycles. The van der Waals surface area contributed by atoms with Crippen LogP contribution in [0.1, 0.15) is 41.5 Å². The second kappa shape index (κ2) is 6.30. The molecule has 5 heteroatoms. The van der Waals surface area contributed by atoms with E-state index in [9.17, 15) is 0 Å². The minimum atomic E-state index is 0.377. The molecule has 0 amide bonds. The monoisotopic (exact) mass is 321 g/mol. The summed E-state index contributed by atoms with van der Waals surface area (Å²) < 4.78 is 0. The molecule has 0 aliphatic heterocycles. The SMILES string of the molecule is CNC1CCCc2nc(Cc3ccc(Cl)cc3Cl)ncc21. The predicted octanol–water partition coefficient (Wildman–Crippen LogP) is 3.97. The van der Waals surface area contributed by atoms with E-state index in [2.05, 4.69) is 10.3 Å². The van der Waals surface area contributed by atoms with Gasteiger partial charge in [0.2, 0.25) is 0 Å². The third-order valence-electron chi connectivity index (χ3n) is 3.94. The Morgan fingerprint density at radius 1 is 1.33 bits per heavy atom. The fraction of sp³-hybridized carbons (Fsp3) is 0.375. The van der Waals surface area contributed by atoms with E-state index in [4.69, 9.17) is 28.2 Å². The number of halogens is 2. The van der Waals surface area contributed by atoms with Crippen LogP contribution >= 0.6 is 23.2 Å². The van der Waals surface area contributed by atoms with Gasteiger partial charge in [-0.05, 0) is 44.0 Å². The molecule has 0 radical (unpaired) electrons. The van der Waals surface area contributed by atoms with Gasteiger partial charge in [-0.15, -0.1) is 0 Å². The third kappa shape index (κ3) is 3.20. The highest BCUT2D eigenvalue weighted by molar-refractivity contribution is 6.35. The largest absolute Gasteiger partial charge is 0.313 e. The van der Waals surface area contributed by atoms with Gasteiger partial charge in [0.1, 0.15) is 5.82 Å². The van der Waals surface area contributed by atoms with Gasteiger partial charge in [-0.2, -0.15) is 0 Å². The highest BCUT2D eigenvalue weighted by atomic mass is 35.5. The van der Waals surface area contributed by atoms with Gasteiger partial charge in [0, 0.05) is 40.0 Å². The summed E-state index contributed by atoms with van der Waals surface area (Å²) in [5, 5.41) is 4.64. The van der Waals surface area contributed by atoms with Crippen LogP contribution < -0.4 is 5.32 Å². The van der Waals surface area contributed by atoms with E-state index >= 15 is 0 Å². The minimum Gasteiger partial charge on any atom is -0.313 e. The van der Waals surface area contributed by atoms with Crippen molar-refractivity contribution < 1.29 is 0 Å². The predicted molar refractivity (Wildman–Crippen MR) is 86.0 cm³/mol. The third-order valence-corrected chi connectivity index (χ3v) is 4.53. The number of nitrogens with one attached hydrogen (secondary N) is 1. The van der Waals surface area contributed by atoms with Crippen molar-refractivity contribution in [2.45, 2.75) is 31.7 Å². The maximum atomic E-state index is 6.22. The Morgan fingerprint density at radius 3 is 2.95 bits per heavy atom. The molecule has 0 bridgehead atoms. The number of aromatic nitrogens is 2. The number of benzene rings is 1. The molecule has 1 aliphatic carbocycles. The molecule has 0 spiro atoms. The molecule has 110 valence electrons. The summed E-state index contributed by atoms with van der Waals surface area (Å²) in [4.78, 5) is 9.23. The van der Waals surface area contributed by atoms with Crippen molar-refractivity contribution in [1.82, 2.24) is 15.3 Å². The Bertz CT molecular complexity index is 658. The van der Waals surface area contributed by atoms with Crippen LogP contribution in [0.2, 0.25) is 10.0 Å². The van der Waals surface area contributed by atoms with Crippen molar-refractivity contribution >= 4 is 23.2 Å². The van der Waals surface area contributed by atoms with Gasteiger partial charge in [-0.3, -0.25) is 0 Å². The molecule has 1 aromatic carbocycles. The molecule has 0 fully saturated rings. The average Bonchev–Trinajstić information content (AvgIpc) is 2.49. The Morgan fingerprint density at radius 2 is 2.19 bits per heavy atom. The summed E-state index contributed by atoms with van der Waals surface area (Å²) in [5.74, 6) is 0.815. The molecule has 1 atom stereocenters. The minimum absolute atomic E-state index is 0.377. The average molecular weight is 322 g/mol. The first-order chi connectivity index (χ1) is 10.2. The Kier molecular flexibility index (Phi) is 4.43. The summed E-state index contributed by atoms with van der Waals surface area (Å²) in [6, 6.07) is 5.91. The molecule has 1 heterocycles. The number of rotatable bonds is 3. The van der Waals surface area contributed by atoms with Crippen molar-refractivity contribution in [3.8, 4) is 0 Å². The zero-order valence-electron chi connectivity index (χ0n) is 11.9. The lowest BCUT2D eigenvalue weighted by molar-refractivity contribution is 0.485. The zero-order chi connectivity index (χ0) is 14.8. The van der Waals surface area contributed by atoms with Crippen LogP contribution in [0.15, 0.2) is 24.4 Å². The maximum Gasteiger partial charge on any atom is 0.132 e. The Hall–Kier alpha value is -1.16. The molecule has 21 heavy (non-hydrogen) atoms. The van der Waals surface area contributed by atoms with Crippen molar-refractivity contribution in [3.05, 3.63) is 57.1 Å². The summed E-state index contributed by atoms with van der Waals surface area (Å²) in [7, 11) is 1.99. The molecule has 0 saturated heterocycles. The van der Waals surface area contributed by atoms with Crippen LogP contribution in [-0.4, -0.2) is 17.0 Å². The van der Waals surface area contributed by atoms with Crippen molar-refractivity contribution in [3.63, 3.8) is 0 Å². The first-order valence-electron chi connectivity index (χ1n) is 7.13. The van der Waals surface area contributed by atoms with E-state index in [1.807, 2.05) is 25.4 Å². The Balaban J connectivity index is 1.87. The standard InChI is InChI=1S/C16H17Cl2N3/c1-19-14-3-2-4-15-12(14)9-20-16(21-15)7-10-5-6-11(17)8-13(10)18/h5-6,8-9,14,19H,2-4,7H2,1H3. The van der Waals surface area contributed by atoms with Crippen LogP contribution in [-0.2, 0) is 12.8 Å². The lowest BCUT2D eigenvalue weighted by Crippen LogP contribution is -2.23. The first-order valence-corrected chi connectivity index (χ1v) is 7.89. The molecule has 3 rings (SSSR count). The summed E-state index contributed by atoms with van der Waals surface area (Å²) in [6.45, 7) is 0. The fourth-order valence-corrected chi connectivity index (χ4v) is 3.28. The second-order valence-electron chi connectivity index (χ2n) is 5.33. The molecular formula is C16H17Cl2N3. The smallest absolute Gasteiger partial charge is 0.132 e. The fourth-order valence-electron chi connectivity index (χ4n) is 2.81. The van der Waals surface area contributed by atoms with E-state index in [1.165, 1.54) is 5.56 Å². The molecule has 1 N–H and O–H groups in total. The van der Waals surface area contributed by atoms with Crippen LogP contribution in [0.3, 0.4) is 0 Å². The summed E-state index contributed by atoms with van der Waals surface area (Å²) in [5.41, 5.74) is 3.40. The van der Waals surface area contributed by atoms with Crippen LogP contribution in [0.25, 0.3) is 0 Å². The van der Waals surface area contributed by atoms with Gasteiger partial charge >= 0.3 is 0 Å². The van der Waals surface area contributed by atoms with Gasteiger partial charge in [0.25, 0.3) is 0 Å². The number of nitrogens with zero attached hydrogens (tertiary/aromatic N) is 2. The number of aryl methyl sites for hydroxylation is 1. The summed E-state index contributed by atoms with van der Waals surface area (Å²) >= 11 is 12.1. The normalized spacial score (nSPS) is 17.6. The molecule has 1 unspecified atom stereocenters. The maximum absolute atomic E-state index is 6.22. The number of fused-ring (bicyclic) bond motifs is 1. The van der Waals surface area contributed by atoms with Crippen molar-refractivity contribution in [2.75, 3.05) is 7.05 Å². The topological polar surface area (TPSA) is 37.8 Å². The van der Waals surface area contributed by atoms with Gasteiger partial charge in [0.05, 0.1) is 0 Å². The molecule has 2 aromatic rings. The van der Waals surface area contributed by atoms with Crippen LogP contribution in [0, 0.1) is 0 Å². The van der Waals surface area contributed by atoms with Gasteiger partial charge in [-0.25, -0.2) is 9.97 Å². The van der Waals surface area contributed by atoms with E-state index in [0.29, 0.717) is 22.5 Å². The Labute approximate surface area is 134 Å².